The largest absolute Gasteiger partial charge is 0.327 e. The lowest BCUT2D eigenvalue weighted by atomic mass is 10.0. The number of nitrogens with two attached hydrogens (primary N) is 1. The fourth-order valence-electron chi connectivity index (χ4n) is 1.87. The first kappa shape index (κ1) is 14.4. The minimum atomic E-state index is 0.170. The molecule has 0 spiro atoms. The van der Waals surface area contributed by atoms with Crippen molar-refractivity contribution in [1.29, 1.82) is 0 Å². The summed E-state index contributed by atoms with van der Waals surface area (Å²) < 4.78 is 1.70. The van der Waals surface area contributed by atoms with Crippen molar-refractivity contribution >= 4 is 23.2 Å². The summed E-state index contributed by atoms with van der Waals surface area (Å²) in [5, 5.41) is 5.61. The van der Waals surface area contributed by atoms with Crippen molar-refractivity contribution in [3.8, 4) is 5.69 Å². The van der Waals surface area contributed by atoms with Crippen LogP contribution in [-0.4, -0.2) is 15.8 Å². The van der Waals surface area contributed by atoms with Crippen molar-refractivity contribution in [2.75, 3.05) is 0 Å². The molecule has 102 valence electrons. The van der Waals surface area contributed by atoms with Gasteiger partial charge in [-0.3, -0.25) is 0 Å². The lowest BCUT2D eigenvalue weighted by Gasteiger charge is -2.11. The van der Waals surface area contributed by atoms with E-state index in [1.54, 1.807) is 10.9 Å². The van der Waals surface area contributed by atoms with Crippen LogP contribution in [0.25, 0.3) is 5.69 Å². The first-order valence-electron chi connectivity index (χ1n) is 6.27. The topological polar surface area (TPSA) is 43.8 Å². The van der Waals surface area contributed by atoms with Crippen LogP contribution in [0, 0.1) is 6.92 Å². The van der Waals surface area contributed by atoms with E-state index in [0.29, 0.717) is 10.0 Å². The summed E-state index contributed by atoms with van der Waals surface area (Å²) in [6, 6.07) is 6.09. The molecule has 0 fully saturated rings. The summed E-state index contributed by atoms with van der Waals surface area (Å²) in [7, 11) is 0. The Morgan fingerprint density at radius 3 is 2.58 bits per heavy atom. The normalized spacial score (nSPS) is 12.7. The molecule has 0 saturated carbocycles. The van der Waals surface area contributed by atoms with Crippen molar-refractivity contribution < 1.29 is 0 Å². The van der Waals surface area contributed by atoms with Gasteiger partial charge in [0.05, 0.1) is 21.4 Å². The SMILES string of the molecule is CCC(N)Cc1ccc(-n2cc(Cl)c(C)n2)c(Cl)c1. The Balaban J connectivity index is 2.29. The van der Waals surface area contributed by atoms with E-state index in [0.717, 1.165) is 29.8 Å². The molecule has 0 aliphatic carbocycles. The van der Waals surface area contributed by atoms with Gasteiger partial charge in [0, 0.05) is 12.2 Å². The van der Waals surface area contributed by atoms with Crippen molar-refractivity contribution in [2.24, 2.45) is 5.73 Å². The first-order chi connectivity index (χ1) is 9.01. The molecule has 1 aromatic carbocycles. The van der Waals surface area contributed by atoms with Gasteiger partial charge in [0.2, 0.25) is 0 Å². The zero-order valence-corrected chi connectivity index (χ0v) is 12.5. The number of benzene rings is 1. The summed E-state index contributed by atoms with van der Waals surface area (Å²) in [4.78, 5) is 0. The van der Waals surface area contributed by atoms with E-state index in [-0.39, 0.29) is 6.04 Å². The quantitative estimate of drug-likeness (QED) is 0.933. The van der Waals surface area contributed by atoms with E-state index in [2.05, 4.69) is 12.0 Å². The van der Waals surface area contributed by atoms with Crippen LogP contribution in [0.4, 0.5) is 0 Å². The summed E-state index contributed by atoms with van der Waals surface area (Å²) in [6.45, 7) is 3.94. The Bertz CT molecular complexity index is 559. The zero-order chi connectivity index (χ0) is 14.0. The summed E-state index contributed by atoms with van der Waals surface area (Å²) in [6.07, 6.45) is 3.54. The minimum absolute atomic E-state index is 0.170. The van der Waals surface area contributed by atoms with Crippen LogP contribution in [0.15, 0.2) is 24.4 Å². The first-order valence-corrected chi connectivity index (χ1v) is 7.03. The third kappa shape index (κ3) is 3.30. The molecule has 0 saturated heterocycles. The summed E-state index contributed by atoms with van der Waals surface area (Å²) in [5.41, 5.74) is 8.70. The molecule has 0 amide bonds. The third-order valence-electron chi connectivity index (χ3n) is 3.12. The second-order valence-electron chi connectivity index (χ2n) is 4.67. The lowest BCUT2D eigenvalue weighted by molar-refractivity contribution is 0.646. The third-order valence-corrected chi connectivity index (χ3v) is 3.79. The van der Waals surface area contributed by atoms with Gasteiger partial charge in [-0.2, -0.15) is 5.10 Å². The van der Waals surface area contributed by atoms with Crippen LogP contribution in [0.2, 0.25) is 10.0 Å². The average Bonchev–Trinajstić information content (AvgIpc) is 2.69. The number of aryl methyl sites for hydroxylation is 1. The van der Waals surface area contributed by atoms with Gasteiger partial charge in [0.15, 0.2) is 0 Å². The maximum Gasteiger partial charge on any atom is 0.0832 e. The van der Waals surface area contributed by atoms with Gasteiger partial charge in [-0.05, 0) is 37.5 Å². The monoisotopic (exact) mass is 297 g/mol. The van der Waals surface area contributed by atoms with E-state index < -0.39 is 0 Å². The minimum Gasteiger partial charge on any atom is -0.327 e. The second-order valence-corrected chi connectivity index (χ2v) is 5.48. The standard InChI is InChI=1S/C14H17Cl2N3/c1-3-11(17)6-10-4-5-14(12(15)7-10)19-8-13(16)9(2)18-19/h4-5,7-8,11H,3,6,17H2,1-2H3. The van der Waals surface area contributed by atoms with E-state index in [1.165, 1.54) is 0 Å². The fourth-order valence-corrected chi connectivity index (χ4v) is 2.29. The molecule has 1 aromatic heterocycles. The second kappa shape index (κ2) is 5.95. The van der Waals surface area contributed by atoms with Gasteiger partial charge in [0.25, 0.3) is 0 Å². The average molecular weight is 298 g/mol. The predicted octanol–water partition coefficient (Wildman–Crippen LogP) is 3.77. The molecular formula is C14H17Cl2N3. The van der Waals surface area contributed by atoms with Gasteiger partial charge in [-0.1, -0.05) is 36.2 Å². The van der Waals surface area contributed by atoms with Crippen LogP contribution in [-0.2, 0) is 6.42 Å². The Morgan fingerprint density at radius 1 is 1.32 bits per heavy atom. The maximum absolute atomic E-state index is 6.31. The number of halogens is 2. The van der Waals surface area contributed by atoms with Crippen molar-refractivity contribution in [1.82, 2.24) is 9.78 Å². The van der Waals surface area contributed by atoms with Crippen LogP contribution >= 0.6 is 23.2 Å². The maximum atomic E-state index is 6.31. The highest BCUT2D eigenvalue weighted by Gasteiger charge is 2.09. The van der Waals surface area contributed by atoms with E-state index in [4.69, 9.17) is 28.9 Å². The smallest absolute Gasteiger partial charge is 0.0832 e. The van der Waals surface area contributed by atoms with E-state index in [9.17, 15) is 0 Å². The summed E-state index contributed by atoms with van der Waals surface area (Å²) >= 11 is 12.3. The Hall–Kier alpha value is -1.03. The van der Waals surface area contributed by atoms with Crippen LogP contribution in [0.5, 0.6) is 0 Å². The number of hydrogen-bond donors (Lipinski definition) is 1. The summed E-state index contributed by atoms with van der Waals surface area (Å²) in [5.74, 6) is 0. The highest BCUT2D eigenvalue weighted by atomic mass is 35.5. The molecule has 1 unspecified atom stereocenters. The van der Waals surface area contributed by atoms with Crippen molar-refractivity contribution in [2.45, 2.75) is 32.7 Å². The van der Waals surface area contributed by atoms with Gasteiger partial charge >= 0.3 is 0 Å². The molecular weight excluding hydrogens is 281 g/mol. The predicted molar refractivity (Wildman–Crippen MR) is 80.3 cm³/mol. The Morgan fingerprint density at radius 2 is 2.05 bits per heavy atom. The molecule has 0 bridgehead atoms. The number of rotatable bonds is 4. The molecule has 2 rings (SSSR count). The molecule has 2 N–H and O–H groups in total. The number of nitrogens with zero attached hydrogens (tertiary/aromatic N) is 2. The molecule has 0 radical (unpaired) electrons. The molecule has 0 aliphatic rings. The molecule has 1 heterocycles. The molecule has 1 atom stereocenters. The molecule has 2 aromatic rings. The van der Waals surface area contributed by atoms with Crippen LogP contribution in [0.3, 0.4) is 0 Å². The van der Waals surface area contributed by atoms with Gasteiger partial charge in [-0.25, -0.2) is 4.68 Å². The highest BCUT2D eigenvalue weighted by Crippen LogP contribution is 2.24. The van der Waals surface area contributed by atoms with E-state index >= 15 is 0 Å². The van der Waals surface area contributed by atoms with Gasteiger partial charge < -0.3 is 5.73 Å². The number of aromatic nitrogens is 2. The molecule has 5 heteroatoms. The Labute approximate surface area is 123 Å². The molecule has 3 nitrogen and oxygen atoms in total. The molecule has 19 heavy (non-hydrogen) atoms. The van der Waals surface area contributed by atoms with Crippen molar-refractivity contribution in [3.05, 3.63) is 45.7 Å². The Kier molecular flexibility index (Phi) is 4.50. The highest BCUT2D eigenvalue weighted by molar-refractivity contribution is 6.32. The van der Waals surface area contributed by atoms with Gasteiger partial charge in [0.1, 0.15) is 0 Å². The lowest BCUT2D eigenvalue weighted by Crippen LogP contribution is -2.21. The number of hydrogen-bond acceptors (Lipinski definition) is 2. The zero-order valence-electron chi connectivity index (χ0n) is 11.0. The van der Waals surface area contributed by atoms with E-state index in [1.807, 2.05) is 25.1 Å². The van der Waals surface area contributed by atoms with Crippen molar-refractivity contribution in [3.63, 3.8) is 0 Å². The van der Waals surface area contributed by atoms with Crippen LogP contribution in [0.1, 0.15) is 24.6 Å². The fraction of sp³-hybridized carbons (Fsp3) is 0.357. The van der Waals surface area contributed by atoms with Gasteiger partial charge in [-0.15, -0.1) is 0 Å². The molecule has 0 aliphatic heterocycles. The van der Waals surface area contributed by atoms with Crippen LogP contribution < -0.4 is 5.73 Å².